The van der Waals surface area contributed by atoms with Crippen LogP contribution in [-0.2, 0) is 0 Å². The van der Waals surface area contributed by atoms with Gasteiger partial charge >= 0.3 is 0 Å². The van der Waals surface area contributed by atoms with Crippen molar-refractivity contribution in [3.8, 4) is 5.75 Å². The van der Waals surface area contributed by atoms with E-state index in [4.69, 9.17) is 4.74 Å². The van der Waals surface area contributed by atoms with Crippen LogP contribution in [0.4, 0.5) is 0 Å². The number of carbonyl (C=O) groups excluding carboxylic acids is 1. The Labute approximate surface area is 137 Å². The highest BCUT2D eigenvalue weighted by Gasteiger charge is 2.28. The van der Waals surface area contributed by atoms with Crippen LogP contribution in [0.15, 0.2) is 24.3 Å². The molecule has 1 N–H and O–H groups in total. The molecule has 0 atom stereocenters. The maximum Gasteiger partial charge on any atom is 0.251 e. The van der Waals surface area contributed by atoms with E-state index < -0.39 is 0 Å². The minimum atomic E-state index is -0.267. The average Bonchev–Trinajstić information content (AvgIpc) is 2.51. The molecule has 0 aromatic heterocycles. The van der Waals surface area contributed by atoms with Gasteiger partial charge in [-0.2, -0.15) is 0 Å². The van der Waals surface area contributed by atoms with Gasteiger partial charge in [-0.1, -0.05) is 51.8 Å². The van der Waals surface area contributed by atoms with Crippen molar-refractivity contribution >= 4 is 37.8 Å². The fraction of sp³-hybridized carbons (Fsp3) is 0.533. The predicted octanol–water partition coefficient (Wildman–Crippen LogP) is 4.14. The first-order valence-corrected chi connectivity index (χ1v) is 9.02. The van der Waals surface area contributed by atoms with Crippen LogP contribution >= 0.6 is 31.9 Å². The van der Waals surface area contributed by atoms with E-state index in [2.05, 4.69) is 51.0 Å². The Kier molecular flexibility index (Phi) is 7.59. The van der Waals surface area contributed by atoms with Crippen LogP contribution in [0.1, 0.15) is 37.0 Å². The number of nitrogens with one attached hydrogen (secondary N) is 1. The first-order chi connectivity index (χ1) is 9.60. The number of ether oxygens (including phenoxy) is 1. The lowest BCUT2D eigenvalue weighted by atomic mass is 10.0. The molecule has 0 heterocycles. The molecule has 0 bridgehead atoms. The lowest BCUT2D eigenvalue weighted by molar-refractivity contribution is 0.0915. The van der Waals surface area contributed by atoms with Gasteiger partial charge in [0.2, 0.25) is 0 Å². The number of amides is 1. The van der Waals surface area contributed by atoms with Crippen molar-refractivity contribution in [3.63, 3.8) is 0 Å². The smallest absolute Gasteiger partial charge is 0.251 e. The lowest BCUT2D eigenvalue weighted by Crippen LogP contribution is -2.51. The lowest BCUT2D eigenvalue weighted by Gasteiger charge is -2.30. The van der Waals surface area contributed by atoms with Crippen molar-refractivity contribution in [2.24, 2.45) is 0 Å². The van der Waals surface area contributed by atoms with Crippen molar-refractivity contribution in [1.82, 2.24) is 5.32 Å². The van der Waals surface area contributed by atoms with Gasteiger partial charge in [-0.15, -0.1) is 0 Å². The molecule has 1 aromatic rings. The van der Waals surface area contributed by atoms with Gasteiger partial charge < -0.3 is 10.1 Å². The Morgan fingerprint density at radius 1 is 1.30 bits per heavy atom. The molecule has 112 valence electrons. The van der Waals surface area contributed by atoms with E-state index in [9.17, 15) is 4.79 Å². The number of hydrogen-bond donors (Lipinski definition) is 1. The topological polar surface area (TPSA) is 38.3 Å². The standard InChI is InChI=1S/C15H21Br2NO2/c1-3-8-20-13-7-5-6-12(9-13)14(19)18-15(4-2,10-16)11-17/h5-7,9H,3-4,8,10-11H2,1-2H3,(H,18,19). The van der Waals surface area contributed by atoms with Crippen LogP contribution in [0.3, 0.4) is 0 Å². The fourth-order valence-electron chi connectivity index (χ4n) is 1.64. The average molecular weight is 407 g/mol. The molecule has 0 aliphatic heterocycles. The van der Waals surface area contributed by atoms with Crippen LogP contribution in [0.25, 0.3) is 0 Å². The zero-order valence-corrected chi connectivity index (χ0v) is 15.1. The molecule has 1 amide bonds. The first-order valence-electron chi connectivity index (χ1n) is 6.78. The van der Waals surface area contributed by atoms with Crippen molar-refractivity contribution in [3.05, 3.63) is 29.8 Å². The molecule has 0 saturated carbocycles. The van der Waals surface area contributed by atoms with Crippen molar-refractivity contribution < 1.29 is 9.53 Å². The summed E-state index contributed by atoms with van der Waals surface area (Å²) in [6.07, 6.45) is 1.80. The summed E-state index contributed by atoms with van der Waals surface area (Å²) in [4.78, 5) is 12.4. The van der Waals surface area contributed by atoms with Gasteiger partial charge in [-0.25, -0.2) is 0 Å². The van der Waals surface area contributed by atoms with Crippen LogP contribution in [0, 0.1) is 0 Å². The highest BCUT2D eigenvalue weighted by atomic mass is 79.9. The fourth-order valence-corrected chi connectivity index (χ4v) is 3.64. The normalized spacial score (nSPS) is 11.2. The highest BCUT2D eigenvalue weighted by molar-refractivity contribution is 9.09. The molecule has 0 fully saturated rings. The van der Waals surface area contributed by atoms with Gasteiger partial charge in [0.1, 0.15) is 5.75 Å². The Hall–Kier alpha value is -0.550. The van der Waals surface area contributed by atoms with E-state index in [0.29, 0.717) is 22.8 Å². The second-order valence-corrected chi connectivity index (χ2v) is 5.85. The van der Waals surface area contributed by atoms with Gasteiger partial charge in [0.25, 0.3) is 5.91 Å². The molecule has 0 spiro atoms. The minimum absolute atomic E-state index is 0.0762. The SMILES string of the molecule is CCCOc1cccc(C(=O)NC(CC)(CBr)CBr)c1. The molecular weight excluding hydrogens is 386 g/mol. The van der Waals surface area contributed by atoms with Crippen molar-refractivity contribution in [1.29, 1.82) is 0 Å². The summed E-state index contributed by atoms with van der Waals surface area (Å²) < 4.78 is 5.56. The molecule has 1 aromatic carbocycles. The maximum absolute atomic E-state index is 12.4. The quantitative estimate of drug-likeness (QED) is 0.658. The Balaban J connectivity index is 2.81. The number of benzene rings is 1. The molecule has 1 rings (SSSR count). The molecule has 3 nitrogen and oxygen atoms in total. The van der Waals surface area contributed by atoms with E-state index in [1.807, 2.05) is 12.1 Å². The third kappa shape index (κ3) is 4.77. The van der Waals surface area contributed by atoms with E-state index in [0.717, 1.165) is 18.6 Å². The summed E-state index contributed by atoms with van der Waals surface area (Å²) in [5, 5.41) is 4.51. The third-order valence-corrected chi connectivity index (χ3v) is 5.28. The molecule has 0 aliphatic rings. The first kappa shape index (κ1) is 17.5. The van der Waals surface area contributed by atoms with Gasteiger partial charge in [0, 0.05) is 16.2 Å². The van der Waals surface area contributed by atoms with Gasteiger partial charge in [0.15, 0.2) is 0 Å². The summed E-state index contributed by atoms with van der Waals surface area (Å²) in [6, 6.07) is 7.30. The zero-order valence-electron chi connectivity index (χ0n) is 11.9. The van der Waals surface area contributed by atoms with Crippen LogP contribution in [0.5, 0.6) is 5.75 Å². The Morgan fingerprint density at radius 2 is 2.00 bits per heavy atom. The second kappa shape index (κ2) is 8.67. The summed E-state index contributed by atoms with van der Waals surface area (Å²) in [6.45, 7) is 4.77. The molecular formula is C15H21Br2NO2. The molecule has 0 radical (unpaired) electrons. The van der Waals surface area contributed by atoms with E-state index in [1.165, 1.54) is 0 Å². The van der Waals surface area contributed by atoms with Gasteiger partial charge in [-0.3, -0.25) is 4.79 Å². The van der Waals surface area contributed by atoms with Crippen LogP contribution < -0.4 is 10.1 Å². The van der Waals surface area contributed by atoms with E-state index in [-0.39, 0.29) is 11.4 Å². The number of carbonyl (C=O) groups is 1. The number of halogens is 2. The summed E-state index contributed by atoms with van der Waals surface area (Å²) in [7, 11) is 0. The molecule has 5 heteroatoms. The van der Waals surface area contributed by atoms with Crippen LogP contribution in [-0.4, -0.2) is 28.7 Å². The molecule has 0 unspecified atom stereocenters. The number of hydrogen-bond acceptors (Lipinski definition) is 2. The van der Waals surface area contributed by atoms with Gasteiger partial charge in [0.05, 0.1) is 12.1 Å². The maximum atomic E-state index is 12.4. The number of alkyl halides is 2. The minimum Gasteiger partial charge on any atom is -0.494 e. The Morgan fingerprint density at radius 3 is 2.55 bits per heavy atom. The predicted molar refractivity (Wildman–Crippen MR) is 90.3 cm³/mol. The molecule has 0 aliphatic carbocycles. The van der Waals surface area contributed by atoms with E-state index >= 15 is 0 Å². The zero-order chi connectivity index (χ0) is 15.0. The molecule has 20 heavy (non-hydrogen) atoms. The van der Waals surface area contributed by atoms with Gasteiger partial charge in [-0.05, 0) is 31.0 Å². The largest absolute Gasteiger partial charge is 0.494 e. The van der Waals surface area contributed by atoms with E-state index in [1.54, 1.807) is 12.1 Å². The third-order valence-electron chi connectivity index (χ3n) is 3.14. The van der Waals surface area contributed by atoms with Crippen molar-refractivity contribution in [2.75, 3.05) is 17.3 Å². The monoisotopic (exact) mass is 405 g/mol. The Bertz CT molecular complexity index is 425. The summed E-state index contributed by atoms with van der Waals surface area (Å²) in [5.74, 6) is 0.659. The van der Waals surface area contributed by atoms with Crippen molar-refractivity contribution in [2.45, 2.75) is 32.2 Å². The van der Waals surface area contributed by atoms with Crippen LogP contribution in [0.2, 0.25) is 0 Å². The summed E-state index contributed by atoms with van der Waals surface area (Å²) >= 11 is 6.95. The second-order valence-electron chi connectivity index (χ2n) is 4.73. The highest BCUT2D eigenvalue weighted by Crippen LogP contribution is 2.19. The summed E-state index contributed by atoms with van der Waals surface area (Å²) in [5.41, 5.74) is 0.357. The molecule has 0 saturated heterocycles. The number of rotatable bonds is 8.